The van der Waals surface area contributed by atoms with Crippen molar-refractivity contribution >= 4 is 11.6 Å². The number of rotatable bonds is 5. The zero-order chi connectivity index (χ0) is 14.6. The fourth-order valence-corrected chi connectivity index (χ4v) is 1.81. The zero-order valence-corrected chi connectivity index (χ0v) is 11.9. The highest BCUT2D eigenvalue weighted by molar-refractivity contribution is 5.95. The summed E-state index contributed by atoms with van der Waals surface area (Å²) in [4.78, 5) is 14.1. The van der Waals surface area contributed by atoms with E-state index < -0.39 is 5.82 Å². The molecule has 5 heteroatoms. The first-order chi connectivity index (χ1) is 8.79. The number of carbonyl (C=O) groups excluding carboxylic acids is 1. The lowest BCUT2D eigenvalue weighted by molar-refractivity contribution is 0.0916. The predicted molar refractivity (Wildman–Crippen MR) is 75.5 cm³/mol. The van der Waals surface area contributed by atoms with E-state index in [-0.39, 0.29) is 29.1 Å². The molecule has 0 fully saturated rings. The van der Waals surface area contributed by atoms with Crippen LogP contribution in [0, 0.1) is 11.7 Å². The van der Waals surface area contributed by atoms with Crippen LogP contribution in [0.15, 0.2) is 18.2 Å². The van der Waals surface area contributed by atoms with E-state index in [9.17, 15) is 9.18 Å². The number of likely N-dealkylation sites (N-methyl/N-ethyl adjacent to an activating group) is 1. The van der Waals surface area contributed by atoms with Crippen molar-refractivity contribution in [2.24, 2.45) is 5.92 Å². The minimum atomic E-state index is -0.501. The van der Waals surface area contributed by atoms with Crippen LogP contribution < -0.4 is 11.1 Å². The van der Waals surface area contributed by atoms with Gasteiger partial charge in [0.15, 0.2) is 0 Å². The standard InChI is InChI=1S/C14H22FN3O/c1-9(2)13(8-18(3)4)17-14(19)10-5-11(15)7-12(16)6-10/h5-7,9,13H,8,16H2,1-4H3,(H,17,19). The largest absolute Gasteiger partial charge is 0.399 e. The van der Waals surface area contributed by atoms with Crippen LogP contribution in [-0.2, 0) is 0 Å². The molecule has 0 saturated carbocycles. The van der Waals surface area contributed by atoms with Crippen molar-refractivity contribution in [3.63, 3.8) is 0 Å². The van der Waals surface area contributed by atoms with Gasteiger partial charge in [0.2, 0.25) is 0 Å². The number of anilines is 1. The average Bonchev–Trinajstić information content (AvgIpc) is 2.25. The van der Waals surface area contributed by atoms with E-state index in [0.717, 1.165) is 6.54 Å². The number of nitrogens with one attached hydrogen (secondary N) is 1. The molecule has 0 saturated heterocycles. The van der Waals surface area contributed by atoms with E-state index in [1.165, 1.54) is 18.2 Å². The van der Waals surface area contributed by atoms with E-state index in [2.05, 4.69) is 5.32 Å². The van der Waals surface area contributed by atoms with Crippen molar-refractivity contribution in [3.05, 3.63) is 29.6 Å². The maximum atomic E-state index is 13.2. The fraction of sp³-hybridized carbons (Fsp3) is 0.500. The van der Waals surface area contributed by atoms with Crippen LogP contribution in [0.3, 0.4) is 0 Å². The molecule has 19 heavy (non-hydrogen) atoms. The van der Waals surface area contributed by atoms with Gasteiger partial charge >= 0.3 is 0 Å². The third-order valence-corrected chi connectivity index (χ3v) is 2.87. The SMILES string of the molecule is CC(C)C(CN(C)C)NC(=O)c1cc(N)cc(F)c1. The fourth-order valence-electron chi connectivity index (χ4n) is 1.81. The Morgan fingerprint density at radius 3 is 2.47 bits per heavy atom. The Bertz CT molecular complexity index is 426. The monoisotopic (exact) mass is 267 g/mol. The molecular weight excluding hydrogens is 245 g/mol. The molecule has 3 N–H and O–H groups in total. The first kappa shape index (κ1) is 15.4. The van der Waals surface area contributed by atoms with E-state index in [1.54, 1.807) is 0 Å². The van der Waals surface area contributed by atoms with Crippen LogP contribution in [0.5, 0.6) is 0 Å². The Kier molecular flexibility index (Phi) is 5.30. The summed E-state index contributed by atoms with van der Waals surface area (Å²) in [5, 5.41) is 2.92. The Balaban J connectivity index is 2.81. The summed E-state index contributed by atoms with van der Waals surface area (Å²) in [6, 6.07) is 3.87. The lowest BCUT2D eigenvalue weighted by Crippen LogP contribution is -2.45. The zero-order valence-electron chi connectivity index (χ0n) is 11.9. The lowest BCUT2D eigenvalue weighted by atomic mass is 10.0. The number of nitrogens with zero attached hydrogens (tertiary/aromatic N) is 1. The minimum absolute atomic E-state index is 0.00647. The molecule has 1 aromatic rings. The minimum Gasteiger partial charge on any atom is -0.399 e. The molecule has 0 bridgehead atoms. The van der Waals surface area contributed by atoms with Gasteiger partial charge in [0.1, 0.15) is 5.82 Å². The molecule has 4 nitrogen and oxygen atoms in total. The van der Waals surface area contributed by atoms with E-state index in [0.29, 0.717) is 0 Å². The molecule has 0 aliphatic heterocycles. The van der Waals surface area contributed by atoms with Crippen molar-refractivity contribution in [2.75, 3.05) is 26.4 Å². The molecular formula is C14H22FN3O. The summed E-state index contributed by atoms with van der Waals surface area (Å²) in [6.07, 6.45) is 0. The Morgan fingerprint density at radius 2 is 2.00 bits per heavy atom. The number of carbonyl (C=O) groups is 1. The van der Waals surface area contributed by atoms with Crippen LogP contribution in [0.1, 0.15) is 24.2 Å². The van der Waals surface area contributed by atoms with Crippen LogP contribution in [0.4, 0.5) is 10.1 Å². The number of nitrogens with two attached hydrogens (primary N) is 1. The van der Waals surface area contributed by atoms with Gasteiger partial charge in [-0.25, -0.2) is 4.39 Å². The molecule has 0 radical (unpaired) electrons. The molecule has 0 spiro atoms. The van der Waals surface area contributed by atoms with Crippen molar-refractivity contribution in [2.45, 2.75) is 19.9 Å². The van der Waals surface area contributed by atoms with Crippen LogP contribution in [-0.4, -0.2) is 37.5 Å². The summed E-state index contributed by atoms with van der Waals surface area (Å²) in [6.45, 7) is 4.80. The molecule has 1 unspecified atom stereocenters. The third-order valence-electron chi connectivity index (χ3n) is 2.87. The van der Waals surface area contributed by atoms with Gasteiger partial charge < -0.3 is 16.0 Å². The van der Waals surface area contributed by atoms with Gasteiger partial charge in [0.05, 0.1) is 0 Å². The van der Waals surface area contributed by atoms with Crippen molar-refractivity contribution in [1.82, 2.24) is 10.2 Å². The van der Waals surface area contributed by atoms with Crippen LogP contribution in [0.25, 0.3) is 0 Å². The molecule has 1 rings (SSSR count). The van der Waals surface area contributed by atoms with E-state index >= 15 is 0 Å². The van der Waals surface area contributed by atoms with Gasteiger partial charge in [0.25, 0.3) is 5.91 Å². The molecule has 0 aliphatic carbocycles. The van der Waals surface area contributed by atoms with Crippen molar-refractivity contribution in [1.29, 1.82) is 0 Å². The van der Waals surface area contributed by atoms with Gasteiger partial charge in [-0.05, 0) is 38.2 Å². The highest BCUT2D eigenvalue weighted by atomic mass is 19.1. The summed E-state index contributed by atoms with van der Waals surface area (Å²) in [5.74, 6) is -0.511. The van der Waals surface area contributed by atoms with Crippen molar-refractivity contribution < 1.29 is 9.18 Å². The summed E-state index contributed by atoms with van der Waals surface area (Å²) in [5.41, 5.74) is 6.04. The Labute approximate surface area is 113 Å². The first-order valence-electron chi connectivity index (χ1n) is 6.31. The maximum absolute atomic E-state index is 13.2. The van der Waals surface area contributed by atoms with Crippen molar-refractivity contribution in [3.8, 4) is 0 Å². The summed E-state index contributed by atoms with van der Waals surface area (Å²) >= 11 is 0. The predicted octanol–water partition coefficient (Wildman–Crippen LogP) is 1.72. The van der Waals surface area contributed by atoms with Crippen LogP contribution >= 0.6 is 0 Å². The number of hydrogen-bond acceptors (Lipinski definition) is 3. The number of halogens is 1. The Hall–Kier alpha value is -1.62. The number of hydrogen-bond donors (Lipinski definition) is 2. The number of benzene rings is 1. The number of amides is 1. The quantitative estimate of drug-likeness (QED) is 0.799. The van der Waals surface area contributed by atoms with E-state index in [1.807, 2.05) is 32.8 Å². The van der Waals surface area contributed by atoms with Gasteiger partial charge in [-0.15, -0.1) is 0 Å². The summed E-state index contributed by atoms with van der Waals surface area (Å²) in [7, 11) is 3.89. The molecule has 1 amide bonds. The highest BCUT2D eigenvalue weighted by Gasteiger charge is 2.18. The van der Waals surface area contributed by atoms with Gasteiger partial charge in [0, 0.05) is 23.8 Å². The smallest absolute Gasteiger partial charge is 0.251 e. The molecule has 0 aliphatic rings. The van der Waals surface area contributed by atoms with Crippen LogP contribution in [0.2, 0.25) is 0 Å². The third kappa shape index (κ3) is 4.87. The molecule has 106 valence electrons. The topological polar surface area (TPSA) is 58.4 Å². The lowest BCUT2D eigenvalue weighted by Gasteiger charge is -2.25. The summed E-state index contributed by atoms with van der Waals surface area (Å²) < 4.78 is 13.2. The van der Waals surface area contributed by atoms with Gasteiger partial charge in [-0.2, -0.15) is 0 Å². The molecule has 0 aromatic heterocycles. The second-order valence-corrected chi connectivity index (χ2v) is 5.36. The number of nitrogen functional groups attached to an aromatic ring is 1. The second kappa shape index (κ2) is 6.52. The molecule has 1 aromatic carbocycles. The average molecular weight is 267 g/mol. The normalized spacial score (nSPS) is 12.8. The first-order valence-corrected chi connectivity index (χ1v) is 6.31. The Morgan fingerprint density at radius 1 is 1.37 bits per heavy atom. The molecule has 1 atom stereocenters. The van der Waals surface area contributed by atoms with E-state index in [4.69, 9.17) is 5.73 Å². The second-order valence-electron chi connectivity index (χ2n) is 5.36. The van der Waals surface area contributed by atoms with Gasteiger partial charge in [-0.3, -0.25) is 4.79 Å². The molecule has 0 heterocycles. The highest BCUT2D eigenvalue weighted by Crippen LogP contribution is 2.12. The maximum Gasteiger partial charge on any atom is 0.251 e. The van der Waals surface area contributed by atoms with Gasteiger partial charge in [-0.1, -0.05) is 13.8 Å².